The molecule has 73 heavy (non-hydrogen) atoms. The van der Waals surface area contributed by atoms with E-state index in [0.29, 0.717) is 31.2 Å². The summed E-state index contributed by atoms with van der Waals surface area (Å²) in [5.41, 5.74) is 20.1. The second-order valence-corrected chi connectivity index (χ2v) is 20.6. The van der Waals surface area contributed by atoms with Crippen molar-refractivity contribution in [2.24, 2.45) is 40.9 Å². The number of carbonyl (C=O) groups is 9. The molecule has 0 radical (unpaired) electrons. The largest absolute Gasteiger partial charge is 0.370 e. The Balaban J connectivity index is 1.37. The summed E-state index contributed by atoms with van der Waals surface area (Å²) in [5.74, 6) is -8.47. The van der Waals surface area contributed by atoms with Crippen LogP contribution in [0.4, 0.5) is 0 Å². The third-order valence-corrected chi connectivity index (χ3v) is 15.5. The molecule has 3 aliphatic rings. The number of hydrogen-bond acceptors (Lipinski definition) is 12. The molecule has 398 valence electrons. The van der Waals surface area contributed by atoms with Crippen molar-refractivity contribution < 1.29 is 43.2 Å². The van der Waals surface area contributed by atoms with E-state index < -0.39 is 120 Å². The first-order valence-electron chi connectivity index (χ1n) is 26.2. The number of para-hydroxylation sites is 1. The highest BCUT2D eigenvalue weighted by Crippen LogP contribution is 2.36. The molecule has 0 bridgehead atoms. The number of aromatic amines is 1. The standard InChI is InChI=1S/C52H76N12O9/c1-5-29(3)36-24-43(65)39(25-45(53)67)59-49(70)32(22-44(66)47(54)30(4)6-2)18-19-46(68)56-20-12-11-17-38(48(55)69)58-50(71)40(21-33-26-57-37-16-10-9-15-35(33)37)60-51(72)42-23-34(27-63(42)52(36)73)64-28-41(61-62-64)31-13-7-8-14-31/h9-10,15-16,26,28-32,34,36,38-40,42,47,57H,5-8,11-14,17-25,27,54H2,1-4H3,(H2,53,67)(H2,55,69)(H,56,68)(H,58,71)(H,59,70)(H,60,72)/t29-,30-,32+,34-,36-,38-,39-,40-,42-,47-/m0/s1. The lowest BCUT2D eigenvalue weighted by Gasteiger charge is -2.32. The number of nitrogens with zero attached hydrogens (tertiary/aromatic N) is 4. The fraction of sp³-hybridized carbons (Fsp3) is 0.635. The van der Waals surface area contributed by atoms with Crippen LogP contribution in [-0.2, 0) is 49.6 Å². The van der Waals surface area contributed by atoms with Crippen molar-refractivity contribution in [1.29, 1.82) is 0 Å². The highest BCUT2D eigenvalue weighted by atomic mass is 16.2. The molecule has 2 aliphatic heterocycles. The van der Waals surface area contributed by atoms with Crippen LogP contribution in [-0.4, -0.2) is 121 Å². The second kappa shape index (κ2) is 25.9. The maximum Gasteiger partial charge on any atom is 0.243 e. The van der Waals surface area contributed by atoms with Gasteiger partial charge >= 0.3 is 0 Å². The zero-order chi connectivity index (χ0) is 52.9. The Hall–Kier alpha value is -6.51. The predicted octanol–water partition coefficient (Wildman–Crippen LogP) is 2.27. The molecule has 0 spiro atoms. The monoisotopic (exact) mass is 1010 g/mol. The van der Waals surface area contributed by atoms with Gasteiger partial charge in [0.25, 0.3) is 0 Å². The molecular formula is C52H76N12O9. The first-order valence-corrected chi connectivity index (χ1v) is 26.2. The Morgan fingerprint density at radius 3 is 2.25 bits per heavy atom. The van der Waals surface area contributed by atoms with Gasteiger partial charge < -0.3 is 48.4 Å². The average molecular weight is 1010 g/mol. The van der Waals surface area contributed by atoms with Crippen molar-refractivity contribution in [3.8, 4) is 0 Å². The van der Waals surface area contributed by atoms with E-state index in [-0.39, 0.29) is 63.5 Å². The number of nitrogens with two attached hydrogens (primary N) is 3. The first-order chi connectivity index (χ1) is 34.9. The minimum atomic E-state index is -1.49. The summed E-state index contributed by atoms with van der Waals surface area (Å²) in [6.07, 6.45) is 7.94. The minimum Gasteiger partial charge on any atom is -0.370 e. The van der Waals surface area contributed by atoms with Crippen molar-refractivity contribution in [2.45, 2.75) is 173 Å². The van der Waals surface area contributed by atoms with E-state index in [9.17, 15) is 38.4 Å². The number of fused-ring (bicyclic) bond motifs is 2. The van der Waals surface area contributed by atoms with Crippen LogP contribution < -0.4 is 38.5 Å². The molecular weight excluding hydrogens is 937 g/mol. The fourth-order valence-corrected chi connectivity index (χ4v) is 10.4. The number of rotatable bonds is 14. The van der Waals surface area contributed by atoms with Gasteiger partial charge in [0.2, 0.25) is 41.4 Å². The number of ketones is 2. The molecule has 1 aromatic carbocycles. The van der Waals surface area contributed by atoms with Gasteiger partial charge in [-0.15, -0.1) is 5.10 Å². The summed E-state index contributed by atoms with van der Waals surface area (Å²) in [7, 11) is 0. The molecule has 10 atom stereocenters. The summed E-state index contributed by atoms with van der Waals surface area (Å²) in [6, 6.07) is 0.972. The SMILES string of the molecule is CC[C@H](C)[C@H](N)C(=O)C[C@H]1CCC(=O)NCCCC[C@@H](C(N)=O)NC(=O)[C@H](Cc2c[nH]c3ccccc23)NC(=O)[C@@H]2C[C@H](n3cc(C4CCCC4)nn3)CN2C(=O)[C@H]([C@@H](C)CC)CC(=O)[C@H](CC(N)=O)NC1=O. The molecule has 3 fully saturated rings. The van der Waals surface area contributed by atoms with Gasteiger partial charge in [-0.1, -0.05) is 76.8 Å². The molecule has 2 saturated heterocycles. The molecule has 4 heterocycles. The summed E-state index contributed by atoms with van der Waals surface area (Å²) in [5, 5.41) is 20.9. The van der Waals surface area contributed by atoms with Crippen molar-refractivity contribution in [3.63, 3.8) is 0 Å². The van der Waals surface area contributed by atoms with Gasteiger partial charge in [-0.2, -0.15) is 0 Å². The molecule has 21 nitrogen and oxygen atoms in total. The lowest BCUT2D eigenvalue weighted by molar-refractivity contribution is -0.145. The van der Waals surface area contributed by atoms with E-state index in [1.807, 2.05) is 51.2 Å². The van der Waals surface area contributed by atoms with Crippen molar-refractivity contribution in [2.75, 3.05) is 13.1 Å². The number of H-pyrrole nitrogens is 1. The fourth-order valence-electron chi connectivity index (χ4n) is 10.4. The Labute approximate surface area is 426 Å². The molecule has 11 N–H and O–H groups in total. The third-order valence-electron chi connectivity index (χ3n) is 15.5. The molecule has 6 rings (SSSR count). The number of benzene rings is 1. The maximum atomic E-state index is 15.3. The van der Waals surface area contributed by atoms with Gasteiger partial charge in [0.1, 0.15) is 18.1 Å². The van der Waals surface area contributed by atoms with Crippen molar-refractivity contribution in [1.82, 2.24) is 46.1 Å². The molecule has 2 aromatic heterocycles. The van der Waals surface area contributed by atoms with Gasteiger partial charge in [0.05, 0.1) is 30.2 Å². The van der Waals surface area contributed by atoms with Crippen LogP contribution in [0.1, 0.15) is 147 Å². The van der Waals surface area contributed by atoms with Crippen LogP contribution in [0.3, 0.4) is 0 Å². The smallest absolute Gasteiger partial charge is 0.243 e. The number of aromatic nitrogens is 4. The Morgan fingerprint density at radius 2 is 1.55 bits per heavy atom. The van der Waals surface area contributed by atoms with E-state index in [4.69, 9.17) is 17.2 Å². The van der Waals surface area contributed by atoms with Crippen LogP contribution in [0.25, 0.3) is 10.9 Å². The zero-order valence-corrected chi connectivity index (χ0v) is 42.7. The summed E-state index contributed by atoms with van der Waals surface area (Å²) < 4.78 is 1.67. The van der Waals surface area contributed by atoms with Crippen molar-refractivity contribution in [3.05, 3.63) is 47.9 Å². The molecule has 7 amide bonds. The number of amides is 7. The number of hydrogen-bond donors (Lipinski definition) is 8. The molecule has 3 aromatic rings. The lowest BCUT2D eigenvalue weighted by atomic mass is 9.84. The molecule has 0 unspecified atom stereocenters. The summed E-state index contributed by atoms with van der Waals surface area (Å²) in [6.45, 7) is 7.51. The average Bonchev–Trinajstić information content (AvgIpc) is 4.22. The molecule has 1 saturated carbocycles. The van der Waals surface area contributed by atoms with Crippen LogP contribution in [0.2, 0.25) is 0 Å². The highest BCUT2D eigenvalue weighted by Gasteiger charge is 2.46. The predicted molar refractivity (Wildman–Crippen MR) is 270 cm³/mol. The summed E-state index contributed by atoms with van der Waals surface area (Å²) in [4.78, 5) is 130. The van der Waals surface area contributed by atoms with Gasteiger partial charge in [0.15, 0.2) is 11.6 Å². The van der Waals surface area contributed by atoms with Gasteiger partial charge in [-0.3, -0.25) is 43.2 Å². The second-order valence-electron chi connectivity index (χ2n) is 20.6. The van der Waals surface area contributed by atoms with Gasteiger partial charge in [-0.05, 0) is 62.0 Å². The summed E-state index contributed by atoms with van der Waals surface area (Å²) >= 11 is 0. The van der Waals surface area contributed by atoms with E-state index in [1.165, 1.54) is 4.90 Å². The van der Waals surface area contributed by atoms with Gasteiger partial charge in [0, 0.05) is 86.2 Å². The van der Waals surface area contributed by atoms with Crippen molar-refractivity contribution >= 4 is 63.8 Å². The van der Waals surface area contributed by atoms with E-state index in [0.717, 1.165) is 42.3 Å². The quantitative estimate of drug-likeness (QED) is 0.115. The third kappa shape index (κ3) is 14.6. The topological polar surface area (TPSA) is 330 Å². The van der Waals surface area contributed by atoms with E-state index in [1.54, 1.807) is 17.8 Å². The van der Waals surface area contributed by atoms with Crippen LogP contribution in [0.15, 0.2) is 36.7 Å². The minimum absolute atomic E-state index is 0.00189. The molecule has 1 aliphatic carbocycles. The zero-order valence-electron chi connectivity index (χ0n) is 42.7. The highest BCUT2D eigenvalue weighted by molar-refractivity contribution is 5.99. The lowest BCUT2D eigenvalue weighted by Crippen LogP contribution is -2.57. The van der Waals surface area contributed by atoms with Crippen LogP contribution in [0.5, 0.6) is 0 Å². The number of primary amides is 2. The van der Waals surface area contributed by atoms with Crippen LogP contribution in [0, 0.1) is 23.7 Å². The van der Waals surface area contributed by atoms with E-state index in [2.05, 4.69) is 36.6 Å². The van der Waals surface area contributed by atoms with E-state index >= 15 is 4.79 Å². The number of carbonyl (C=O) groups excluding carboxylic acids is 9. The Bertz CT molecular complexity index is 2470. The van der Waals surface area contributed by atoms with Crippen LogP contribution >= 0.6 is 0 Å². The molecule has 21 heteroatoms. The Kier molecular flexibility index (Phi) is 19.8. The first kappa shape index (κ1) is 55.8. The Morgan fingerprint density at radius 1 is 0.836 bits per heavy atom. The maximum absolute atomic E-state index is 15.3. The van der Waals surface area contributed by atoms with Gasteiger partial charge in [-0.25, -0.2) is 4.68 Å². The number of nitrogens with one attached hydrogen (secondary N) is 5. The number of Topliss-reactive ketones (excluding diaryl/α,β-unsaturated/α-hetero) is 2. The normalized spacial score (nSPS) is 26.2.